The number of rotatable bonds is 2. The molecule has 102 valence electrons. The molecule has 5 nitrogen and oxygen atoms in total. The molecular weight excluding hydrogens is 238 g/mol. The molecule has 1 aliphatic rings. The quantitative estimate of drug-likeness (QED) is 0.878. The predicted octanol–water partition coefficient (Wildman–Crippen LogP) is 1.14. The van der Waals surface area contributed by atoms with Gasteiger partial charge in [-0.3, -0.25) is 9.30 Å². The van der Waals surface area contributed by atoms with Crippen molar-refractivity contribution in [3.63, 3.8) is 0 Å². The Hall–Kier alpha value is -1.46. The average molecular weight is 259 g/mol. The van der Waals surface area contributed by atoms with Crippen molar-refractivity contribution in [1.29, 1.82) is 0 Å². The molecule has 1 N–H and O–H groups in total. The Labute approximate surface area is 113 Å². The molecule has 0 aromatic carbocycles. The topological polar surface area (TPSA) is 45.5 Å². The van der Waals surface area contributed by atoms with Crippen LogP contribution in [-0.2, 0) is 6.54 Å². The average Bonchev–Trinajstić information content (AvgIpc) is 2.72. The first-order chi connectivity index (χ1) is 9.13. The van der Waals surface area contributed by atoms with Crippen LogP contribution < -0.4 is 5.32 Å². The molecule has 1 aliphatic heterocycles. The monoisotopic (exact) mass is 259 g/mol. The summed E-state index contributed by atoms with van der Waals surface area (Å²) < 4.78 is 2.17. The molecule has 0 aliphatic carbocycles. The van der Waals surface area contributed by atoms with Crippen LogP contribution in [0.15, 0.2) is 12.3 Å². The van der Waals surface area contributed by atoms with Gasteiger partial charge in [-0.15, -0.1) is 0 Å². The van der Waals surface area contributed by atoms with E-state index < -0.39 is 0 Å². The molecule has 3 rings (SSSR count). The molecule has 0 amide bonds. The molecule has 0 unspecified atom stereocenters. The van der Waals surface area contributed by atoms with Crippen molar-refractivity contribution in [2.45, 2.75) is 33.4 Å². The van der Waals surface area contributed by atoms with Gasteiger partial charge < -0.3 is 5.32 Å². The highest BCUT2D eigenvalue weighted by Crippen LogP contribution is 2.13. The van der Waals surface area contributed by atoms with Gasteiger partial charge in [-0.1, -0.05) is 0 Å². The first kappa shape index (κ1) is 12.6. The highest BCUT2D eigenvalue weighted by Gasteiger charge is 2.17. The lowest BCUT2D eigenvalue weighted by Crippen LogP contribution is -2.48. The van der Waals surface area contributed by atoms with Gasteiger partial charge >= 0.3 is 0 Å². The van der Waals surface area contributed by atoms with Gasteiger partial charge in [0.15, 0.2) is 0 Å². The minimum atomic E-state index is 0.564. The zero-order chi connectivity index (χ0) is 13.4. The Morgan fingerprint density at radius 3 is 3.05 bits per heavy atom. The summed E-state index contributed by atoms with van der Waals surface area (Å²) in [6.45, 7) is 10.6. The summed E-state index contributed by atoms with van der Waals surface area (Å²) in [7, 11) is 0. The van der Waals surface area contributed by atoms with Crippen molar-refractivity contribution < 1.29 is 0 Å². The van der Waals surface area contributed by atoms with E-state index in [9.17, 15) is 0 Å². The third kappa shape index (κ3) is 2.48. The summed E-state index contributed by atoms with van der Waals surface area (Å²) in [6, 6.07) is 2.67. The van der Waals surface area contributed by atoms with E-state index in [0.29, 0.717) is 6.04 Å². The van der Waals surface area contributed by atoms with Gasteiger partial charge in [-0.2, -0.15) is 0 Å². The van der Waals surface area contributed by atoms with Crippen molar-refractivity contribution in [3.05, 3.63) is 29.3 Å². The van der Waals surface area contributed by atoms with Gasteiger partial charge in [0, 0.05) is 43.6 Å². The van der Waals surface area contributed by atoms with E-state index in [4.69, 9.17) is 0 Å². The number of aryl methyl sites for hydroxylation is 2. The first-order valence-electron chi connectivity index (χ1n) is 6.90. The number of imidazole rings is 1. The van der Waals surface area contributed by atoms with Crippen LogP contribution in [0.25, 0.3) is 5.78 Å². The van der Waals surface area contributed by atoms with Gasteiger partial charge in [0.05, 0.1) is 11.9 Å². The third-order valence-electron chi connectivity index (χ3n) is 3.70. The van der Waals surface area contributed by atoms with Crippen molar-refractivity contribution in [3.8, 4) is 0 Å². The Kier molecular flexibility index (Phi) is 3.24. The molecule has 19 heavy (non-hydrogen) atoms. The number of hydrogen-bond donors (Lipinski definition) is 1. The Bertz CT molecular complexity index is 589. The maximum Gasteiger partial charge on any atom is 0.234 e. The molecule has 1 atom stereocenters. The van der Waals surface area contributed by atoms with E-state index >= 15 is 0 Å². The Morgan fingerprint density at radius 1 is 1.42 bits per heavy atom. The van der Waals surface area contributed by atoms with Crippen LogP contribution in [0.4, 0.5) is 0 Å². The lowest BCUT2D eigenvalue weighted by molar-refractivity contribution is 0.197. The van der Waals surface area contributed by atoms with E-state index in [1.54, 1.807) is 0 Å². The zero-order valence-electron chi connectivity index (χ0n) is 11.8. The van der Waals surface area contributed by atoms with E-state index in [2.05, 4.69) is 44.5 Å². The van der Waals surface area contributed by atoms with Crippen molar-refractivity contribution in [1.82, 2.24) is 24.6 Å². The molecule has 0 spiro atoms. The van der Waals surface area contributed by atoms with Gasteiger partial charge in [0.25, 0.3) is 0 Å². The van der Waals surface area contributed by atoms with Crippen LogP contribution in [-0.4, -0.2) is 44.9 Å². The van der Waals surface area contributed by atoms with Gasteiger partial charge in [0.1, 0.15) is 0 Å². The summed E-state index contributed by atoms with van der Waals surface area (Å²) in [5.41, 5.74) is 3.46. The minimum Gasteiger partial charge on any atom is -0.312 e. The molecule has 2 aromatic heterocycles. The van der Waals surface area contributed by atoms with Crippen molar-refractivity contribution in [2.75, 3.05) is 19.6 Å². The largest absolute Gasteiger partial charge is 0.312 e. The summed E-state index contributed by atoms with van der Waals surface area (Å²) in [5, 5.41) is 3.47. The second-order valence-electron chi connectivity index (χ2n) is 5.51. The fraction of sp³-hybridized carbons (Fsp3) is 0.571. The maximum absolute atomic E-state index is 4.49. The molecule has 5 heteroatoms. The van der Waals surface area contributed by atoms with Crippen LogP contribution in [0.1, 0.15) is 24.0 Å². The van der Waals surface area contributed by atoms with Gasteiger partial charge in [0.2, 0.25) is 5.78 Å². The fourth-order valence-electron chi connectivity index (χ4n) is 2.89. The number of aromatic nitrogens is 3. The van der Waals surface area contributed by atoms with Crippen molar-refractivity contribution in [2.24, 2.45) is 0 Å². The third-order valence-corrected chi connectivity index (χ3v) is 3.70. The van der Waals surface area contributed by atoms with E-state index in [0.717, 1.165) is 37.7 Å². The molecule has 0 radical (unpaired) electrons. The van der Waals surface area contributed by atoms with Crippen molar-refractivity contribution >= 4 is 5.78 Å². The SMILES string of the molecule is Cc1cc(C)n2c(CN3CCN[C@@H](C)C3)cnc2n1. The number of hydrogen-bond acceptors (Lipinski definition) is 4. The summed E-state index contributed by atoms with van der Waals surface area (Å²) in [4.78, 5) is 11.4. The van der Waals surface area contributed by atoms with E-state index in [1.807, 2.05) is 13.1 Å². The van der Waals surface area contributed by atoms with E-state index in [-0.39, 0.29) is 0 Å². The maximum atomic E-state index is 4.49. The molecular formula is C14H21N5. The molecule has 0 bridgehead atoms. The molecule has 1 fully saturated rings. The van der Waals surface area contributed by atoms with Crippen LogP contribution in [0.2, 0.25) is 0 Å². The lowest BCUT2D eigenvalue weighted by atomic mass is 10.2. The predicted molar refractivity (Wildman–Crippen MR) is 75.2 cm³/mol. The molecule has 1 saturated heterocycles. The lowest BCUT2D eigenvalue weighted by Gasteiger charge is -2.31. The van der Waals surface area contributed by atoms with Crippen LogP contribution in [0.3, 0.4) is 0 Å². The zero-order valence-corrected chi connectivity index (χ0v) is 11.8. The van der Waals surface area contributed by atoms with Gasteiger partial charge in [-0.05, 0) is 26.8 Å². The first-order valence-corrected chi connectivity index (χ1v) is 6.90. The number of nitrogens with one attached hydrogen (secondary N) is 1. The minimum absolute atomic E-state index is 0.564. The highest BCUT2D eigenvalue weighted by atomic mass is 15.2. The highest BCUT2D eigenvalue weighted by molar-refractivity contribution is 5.35. The second-order valence-corrected chi connectivity index (χ2v) is 5.51. The second kappa shape index (κ2) is 4.90. The fourth-order valence-corrected chi connectivity index (χ4v) is 2.89. The summed E-state index contributed by atoms with van der Waals surface area (Å²) >= 11 is 0. The molecule has 3 heterocycles. The van der Waals surface area contributed by atoms with Crippen LogP contribution >= 0.6 is 0 Å². The van der Waals surface area contributed by atoms with Gasteiger partial charge in [-0.25, -0.2) is 9.97 Å². The molecule has 2 aromatic rings. The smallest absolute Gasteiger partial charge is 0.234 e. The molecule has 0 saturated carbocycles. The van der Waals surface area contributed by atoms with E-state index in [1.165, 1.54) is 11.4 Å². The number of piperazine rings is 1. The van der Waals surface area contributed by atoms with Crippen LogP contribution in [0, 0.1) is 13.8 Å². The number of nitrogens with zero attached hydrogens (tertiary/aromatic N) is 4. The normalized spacial score (nSPS) is 21.1. The summed E-state index contributed by atoms with van der Waals surface area (Å²) in [6.07, 6.45) is 1.96. The standard InChI is InChI=1S/C14H21N5/c1-10-6-12(3)19-13(7-16-14(19)17-10)9-18-5-4-15-11(2)8-18/h6-7,11,15H,4-5,8-9H2,1-3H3/t11-/m0/s1. The summed E-state index contributed by atoms with van der Waals surface area (Å²) in [5.74, 6) is 0.815. The number of fused-ring (bicyclic) bond motifs is 1. The van der Waals surface area contributed by atoms with Crippen LogP contribution in [0.5, 0.6) is 0 Å². The Balaban J connectivity index is 1.89. The Morgan fingerprint density at radius 2 is 2.26 bits per heavy atom.